The van der Waals surface area contributed by atoms with Gasteiger partial charge in [-0.3, -0.25) is 0 Å². The van der Waals surface area contributed by atoms with Crippen LogP contribution in [0.4, 0.5) is 4.39 Å². The summed E-state index contributed by atoms with van der Waals surface area (Å²) in [6, 6.07) is 2.79. The van der Waals surface area contributed by atoms with E-state index in [0.717, 1.165) is 0 Å². The number of halogens is 2. The summed E-state index contributed by atoms with van der Waals surface area (Å²) in [5, 5.41) is 5.74. The van der Waals surface area contributed by atoms with Gasteiger partial charge in [-0.15, -0.1) is 0 Å². The molecule has 2 aliphatic rings. The number of hydrogen-bond acceptors (Lipinski definition) is 4. The van der Waals surface area contributed by atoms with Crippen LogP contribution in [0.15, 0.2) is 12.1 Å². The van der Waals surface area contributed by atoms with E-state index in [4.69, 9.17) is 26.0 Å². The first kappa shape index (κ1) is 20.1. The van der Waals surface area contributed by atoms with Gasteiger partial charge in [0, 0.05) is 16.0 Å². The second kappa shape index (κ2) is 6.17. The largest absolute Gasteiger partial charge is 0.497 e. The molecule has 0 bridgehead atoms. The summed E-state index contributed by atoms with van der Waals surface area (Å²) in [6.07, 6.45) is 1.86. The molecule has 1 aliphatic carbocycles. The van der Waals surface area contributed by atoms with Gasteiger partial charge in [0.1, 0.15) is 10.6 Å². The van der Waals surface area contributed by atoms with Crippen LogP contribution in [0.5, 0.6) is 0 Å². The van der Waals surface area contributed by atoms with E-state index < -0.39 is 38.9 Å². The molecule has 1 aromatic rings. The van der Waals surface area contributed by atoms with Crippen molar-refractivity contribution in [1.29, 1.82) is 0 Å². The van der Waals surface area contributed by atoms with E-state index >= 15 is 4.39 Å². The molecule has 0 aromatic heterocycles. The fourth-order valence-corrected chi connectivity index (χ4v) is 5.28. The molecule has 5 nitrogen and oxygen atoms in total. The zero-order valence-corrected chi connectivity index (χ0v) is 17.0. The lowest BCUT2D eigenvalue weighted by Gasteiger charge is -2.32. The molecule has 144 valence electrons. The molecule has 1 aromatic carbocycles. The van der Waals surface area contributed by atoms with E-state index in [9.17, 15) is 8.42 Å². The zero-order chi connectivity index (χ0) is 19.5. The Labute approximate surface area is 159 Å². The minimum atomic E-state index is -4.02. The van der Waals surface area contributed by atoms with Crippen LogP contribution in [-0.4, -0.2) is 26.7 Å². The van der Waals surface area contributed by atoms with Crippen LogP contribution in [0, 0.1) is 5.82 Å². The Hall–Kier alpha value is -0.665. The van der Waals surface area contributed by atoms with Crippen LogP contribution in [0.2, 0.25) is 5.02 Å². The summed E-state index contributed by atoms with van der Waals surface area (Å²) >= 11 is 6.22. The minimum Gasteiger partial charge on any atom is -0.399 e. The highest BCUT2D eigenvalue weighted by molar-refractivity contribution is 7.90. The lowest BCUT2D eigenvalue weighted by Crippen LogP contribution is -2.43. The Morgan fingerprint density at radius 1 is 1.12 bits per heavy atom. The molecule has 2 N–H and O–H groups in total. The molecule has 1 saturated carbocycles. The second-order valence-electron chi connectivity index (χ2n) is 8.19. The van der Waals surface area contributed by atoms with Gasteiger partial charge in [0.25, 0.3) is 0 Å². The van der Waals surface area contributed by atoms with Crippen molar-refractivity contribution in [2.75, 3.05) is 0 Å². The molecule has 0 amide bonds. The van der Waals surface area contributed by atoms with Crippen LogP contribution in [0.25, 0.3) is 0 Å². The van der Waals surface area contributed by atoms with Gasteiger partial charge >= 0.3 is 7.12 Å². The van der Waals surface area contributed by atoms with E-state index in [1.807, 2.05) is 27.7 Å². The topological polar surface area (TPSA) is 78.6 Å². The Balaban J connectivity index is 2.15. The summed E-state index contributed by atoms with van der Waals surface area (Å²) in [6.45, 7) is 7.44. The normalized spacial score (nSPS) is 24.2. The van der Waals surface area contributed by atoms with Crippen LogP contribution >= 0.6 is 11.6 Å². The van der Waals surface area contributed by atoms with Crippen molar-refractivity contribution in [3.05, 3.63) is 28.5 Å². The number of hydrogen-bond donors (Lipinski definition) is 1. The highest BCUT2D eigenvalue weighted by Gasteiger charge is 2.54. The Morgan fingerprint density at radius 3 is 2.08 bits per heavy atom. The van der Waals surface area contributed by atoms with Crippen LogP contribution in [-0.2, 0) is 24.1 Å². The number of benzene rings is 1. The van der Waals surface area contributed by atoms with Gasteiger partial charge < -0.3 is 9.31 Å². The van der Waals surface area contributed by atoms with E-state index in [2.05, 4.69) is 0 Å². The first-order valence-corrected chi connectivity index (χ1v) is 10.6. The minimum absolute atomic E-state index is 0.00899. The van der Waals surface area contributed by atoms with E-state index in [1.165, 1.54) is 12.1 Å². The first-order chi connectivity index (χ1) is 11.8. The quantitative estimate of drug-likeness (QED) is 0.787. The van der Waals surface area contributed by atoms with Gasteiger partial charge in [-0.1, -0.05) is 24.4 Å². The molecule has 0 atom stereocenters. The molecule has 1 saturated heterocycles. The predicted octanol–water partition coefficient (Wildman–Crippen LogP) is 2.84. The number of sulfonamides is 1. The summed E-state index contributed by atoms with van der Waals surface area (Å²) < 4.78 is 50.6. The van der Waals surface area contributed by atoms with Crippen molar-refractivity contribution in [3.8, 4) is 0 Å². The van der Waals surface area contributed by atoms with Crippen molar-refractivity contribution < 1.29 is 22.1 Å². The average molecular weight is 404 g/mol. The van der Waals surface area contributed by atoms with Crippen molar-refractivity contribution in [2.24, 2.45) is 5.14 Å². The molecule has 3 rings (SSSR count). The predicted molar refractivity (Wildman–Crippen MR) is 100 cm³/mol. The molecule has 2 fully saturated rings. The lowest BCUT2D eigenvalue weighted by atomic mass is 9.76. The summed E-state index contributed by atoms with van der Waals surface area (Å²) in [5.74, 6) is -0.677. The van der Waals surface area contributed by atoms with E-state index in [-0.39, 0.29) is 28.9 Å². The maximum atomic E-state index is 15.5. The first-order valence-electron chi connectivity index (χ1n) is 8.68. The van der Waals surface area contributed by atoms with Crippen molar-refractivity contribution in [2.45, 2.75) is 69.3 Å². The van der Waals surface area contributed by atoms with Gasteiger partial charge in [0.15, 0.2) is 0 Å². The smallest absolute Gasteiger partial charge is 0.399 e. The third kappa shape index (κ3) is 3.00. The summed E-state index contributed by atoms with van der Waals surface area (Å²) in [4.78, 5) is 0. The number of nitrogens with two attached hydrogens (primary N) is 1. The third-order valence-corrected chi connectivity index (χ3v) is 7.96. The van der Waals surface area contributed by atoms with E-state index in [0.29, 0.717) is 12.8 Å². The van der Waals surface area contributed by atoms with Crippen molar-refractivity contribution >= 4 is 34.2 Å². The van der Waals surface area contributed by atoms with Crippen LogP contribution < -0.4 is 10.6 Å². The maximum Gasteiger partial charge on any atom is 0.497 e. The third-order valence-electron chi connectivity index (χ3n) is 6.02. The molecular weight excluding hydrogens is 380 g/mol. The van der Waals surface area contributed by atoms with Crippen LogP contribution in [0.3, 0.4) is 0 Å². The summed E-state index contributed by atoms with van der Waals surface area (Å²) in [5.41, 5.74) is -1.20. The SMILES string of the molecule is CC1(C)OB(c2cc(Cl)cc(C3(S(N)(=O)=O)CCCC3)c2F)OC1(C)C. The average Bonchev–Trinajstić information content (AvgIpc) is 3.05. The molecular formula is C17H24BClFNO4S. The van der Waals surface area contributed by atoms with Gasteiger partial charge in [0.05, 0.1) is 11.2 Å². The highest BCUT2D eigenvalue weighted by atomic mass is 35.5. The Bertz CT molecular complexity index is 821. The van der Waals surface area contributed by atoms with Crippen molar-refractivity contribution in [1.82, 2.24) is 0 Å². The molecule has 1 heterocycles. The van der Waals surface area contributed by atoms with Gasteiger partial charge in [-0.25, -0.2) is 17.9 Å². The fourth-order valence-electron chi connectivity index (χ4n) is 3.74. The van der Waals surface area contributed by atoms with Gasteiger partial charge in [-0.2, -0.15) is 0 Å². The zero-order valence-electron chi connectivity index (χ0n) is 15.4. The van der Waals surface area contributed by atoms with E-state index in [1.54, 1.807) is 0 Å². The van der Waals surface area contributed by atoms with Gasteiger partial charge in [-0.05, 0) is 52.7 Å². The second-order valence-corrected chi connectivity index (χ2v) is 10.5. The summed E-state index contributed by atoms with van der Waals surface area (Å²) in [7, 11) is -5.00. The molecule has 0 spiro atoms. The Morgan fingerprint density at radius 2 is 1.62 bits per heavy atom. The molecule has 26 heavy (non-hydrogen) atoms. The number of primary sulfonamides is 1. The van der Waals surface area contributed by atoms with Crippen LogP contribution in [0.1, 0.15) is 58.9 Å². The molecule has 0 radical (unpaired) electrons. The lowest BCUT2D eigenvalue weighted by molar-refractivity contribution is 0.00578. The molecule has 0 unspecified atom stereocenters. The molecule has 9 heteroatoms. The van der Waals surface area contributed by atoms with Crippen molar-refractivity contribution in [3.63, 3.8) is 0 Å². The Kier molecular flexibility index (Phi) is 4.77. The molecule has 1 aliphatic heterocycles. The fraction of sp³-hybridized carbons (Fsp3) is 0.647. The highest BCUT2D eigenvalue weighted by Crippen LogP contribution is 2.46. The monoisotopic (exact) mass is 403 g/mol. The maximum absolute atomic E-state index is 15.5. The number of rotatable bonds is 3. The van der Waals surface area contributed by atoms with Gasteiger partial charge in [0.2, 0.25) is 10.0 Å². The standard InChI is InChI=1S/C17H24BClFNO4S/c1-15(2)16(3,4)25-18(24-15)13-10-11(19)9-12(14(13)20)17(26(21,22)23)7-5-6-8-17/h9-10H,5-8H2,1-4H3,(H2,21,22,23).